The van der Waals surface area contributed by atoms with Gasteiger partial charge in [0.1, 0.15) is 0 Å². The zero-order chi connectivity index (χ0) is 12.7. The van der Waals surface area contributed by atoms with Gasteiger partial charge in [-0.15, -0.1) is 0 Å². The average Bonchev–Trinajstić information content (AvgIpc) is 2.25. The molecular weight excluding hydrogens is 212 g/mol. The van der Waals surface area contributed by atoms with E-state index in [-0.39, 0.29) is 5.54 Å². The summed E-state index contributed by atoms with van der Waals surface area (Å²) in [6.45, 7) is 9.03. The van der Waals surface area contributed by atoms with E-state index >= 15 is 0 Å². The molecule has 2 N–H and O–H groups in total. The average molecular weight is 236 g/mol. The quantitative estimate of drug-likeness (QED) is 0.745. The molecule has 0 amide bonds. The summed E-state index contributed by atoms with van der Waals surface area (Å²) in [6, 6.07) is 8.25. The largest absolute Gasteiger partial charge is 0.383 e. The van der Waals surface area contributed by atoms with E-state index in [1.54, 1.807) is 7.11 Å². The Balaban J connectivity index is 2.41. The zero-order valence-corrected chi connectivity index (χ0v) is 11.3. The summed E-state index contributed by atoms with van der Waals surface area (Å²) in [5.41, 5.74) is 2.53. The lowest BCUT2D eigenvalue weighted by molar-refractivity contribution is 0.185. The maximum Gasteiger partial charge on any atom is 0.0733 e. The van der Waals surface area contributed by atoms with E-state index in [2.05, 4.69) is 43.5 Å². The van der Waals surface area contributed by atoms with Crippen LogP contribution in [0.3, 0.4) is 0 Å². The number of rotatable bonds is 6. The van der Waals surface area contributed by atoms with Crippen molar-refractivity contribution in [2.45, 2.75) is 32.9 Å². The lowest BCUT2D eigenvalue weighted by Gasteiger charge is -2.21. The van der Waals surface area contributed by atoms with Crippen LogP contribution in [0, 0.1) is 0 Å². The second kappa shape index (κ2) is 6.62. The molecule has 1 aromatic rings. The summed E-state index contributed by atoms with van der Waals surface area (Å²) >= 11 is 0. The van der Waals surface area contributed by atoms with Crippen LogP contribution in [0.15, 0.2) is 24.3 Å². The molecule has 0 bridgehead atoms. The first-order valence-corrected chi connectivity index (χ1v) is 6.08. The van der Waals surface area contributed by atoms with Gasteiger partial charge in [-0.1, -0.05) is 18.2 Å². The molecule has 0 unspecified atom stereocenters. The SMILES string of the molecule is COCc1ccccc1NCCNC(C)(C)C. The predicted octanol–water partition coefficient (Wildman–Crippen LogP) is 2.63. The summed E-state index contributed by atoms with van der Waals surface area (Å²) in [5.74, 6) is 0. The molecule has 96 valence electrons. The lowest BCUT2D eigenvalue weighted by atomic mass is 10.1. The van der Waals surface area contributed by atoms with Crippen molar-refractivity contribution in [3.05, 3.63) is 29.8 Å². The highest BCUT2D eigenvalue weighted by atomic mass is 16.5. The van der Waals surface area contributed by atoms with E-state index in [4.69, 9.17) is 4.74 Å². The topological polar surface area (TPSA) is 33.3 Å². The van der Waals surface area contributed by atoms with Gasteiger partial charge in [0.05, 0.1) is 6.61 Å². The second-order valence-corrected chi connectivity index (χ2v) is 5.19. The zero-order valence-electron chi connectivity index (χ0n) is 11.3. The normalized spacial score (nSPS) is 11.5. The first-order chi connectivity index (χ1) is 8.03. The fourth-order valence-electron chi connectivity index (χ4n) is 1.61. The molecule has 0 heterocycles. The third-order valence-corrected chi connectivity index (χ3v) is 2.41. The number of para-hydroxylation sites is 1. The van der Waals surface area contributed by atoms with Crippen LogP contribution >= 0.6 is 0 Å². The van der Waals surface area contributed by atoms with Crippen LogP contribution in [-0.4, -0.2) is 25.7 Å². The van der Waals surface area contributed by atoms with Crippen LogP contribution in [0.25, 0.3) is 0 Å². The maximum atomic E-state index is 5.17. The van der Waals surface area contributed by atoms with Crippen molar-refractivity contribution in [2.24, 2.45) is 0 Å². The van der Waals surface area contributed by atoms with Crippen molar-refractivity contribution in [3.63, 3.8) is 0 Å². The Morgan fingerprint density at radius 1 is 1.12 bits per heavy atom. The first kappa shape index (κ1) is 14.0. The van der Waals surface area contributed by atoms with E-state index in [0.717, 1.165) is 18.8 Å². The van der Waals surface area contributed by atoms with Crippen molar-refractivity contribution >= 4 is 5.69 Å². The number of methoxy groups -OCH3 is 1. The first-order valence-electron chi connectivity index (χ1n) is 6.08. The summed E-state index contributed by atoms with van der Waals surface area (Å²) in [4.78, 5) is 0. The molecule has 0 fully saturated rings. The van der Waals surface area contributed by atoms with Gasteiger partial charge in [0.15, 0.2) is 0 Å². The van der Waals surface area contributed by atoms with E-state index in [1.165, 1.54) is 5.56 Å². The van der Waals surface area contributed by atoms with E-state index in [9.17, 15) is 0 Å². The molecular formula is C14H24N2O. The van der Waals surface area contributed by atoms with Gasteiger partial charge in [-0.05, 0) is 26.8 Å². The minimum atomic E-state index is 0.174. The monoisotopic (exact) mass is 236 g/mol. The standard InChI is InChI=1S/C14H24N2O/c1-14(2,3)16-10-9-15-13-8-6-5-7-12(13)11-17-4/h5-8,15-16H,9-11H2,1-4H3. The molecule has 0 spiro atoms. The maximum absolute atomic E-state index is 5.17. The number of nitrogens with one attached hydrogen (secondary N) is 2. The van der Waals surface area contributed by atoms with Gasteiger partial charge in [0.25, 0.3) is 0 Å². The van der Waals surface area contributed by atoms with Crippen molar-refractivity contribution in [1.82, 2.24) is 5.32 Å². The fraction of sp³-hybridized carbons (Fsp3) is 0.571. The summed E-state index contributed by atoms with van der Waals surface area (Å²) in [6.07, 6.45) is 0. The van der Waals surface area contributed by atoms with Crippen molar-refractivity contribution in [2.75, 3.05) is 25.5 Å². The van der Waals surface area contributed by atoms with Crippen molar-refractivity contribution in [1.29, 1.82) is 0 Å². The number of ether oxygens (including phenoxy) is 1. The Kier molecular flexibility index (Phi) is 5.45. The second-order valence-electron chi connectivity index (χ2n) is 5.19. The molecule has 3 heteroatoms. The molecule has 3 nitrogen and oxygen atoms in total. The summed E-state index contributed by atoms with van der Waals surface area (Å²) in [5, 5.41) is 6.88. The molecule has 0 aromatic heterocycles. The predicted molar refractivity (Wildman–Crippen MR) is 73.4 cm³/mol. The Labute approximate surface area is 105 Å². The molecule has 17 heavy (non-hydrogen) atoms. The third kappa shape index (κ3) is 5.71. The van der Waals surface area contributed by atoms with E-state index in [1.807, 2.05) is 12.1 Å². The minimum absolute atomic E-state index is 0.174. The van der Waals surface area contributed by atoms with Crippen LogP contribution in [0.5, 0.6) is 0 Å². The molecule has 1 rings (SSSR count). The smallest absolute Gasteiger partial charge is 0.0733 e. The molecule has 0 aliphatic heterocycles. The van der Waals surface area contributed by atoms with Gasteiger partial charge >= 0.3 is 0 Å². The van der Waals surface area contributed by atoms with Crippen molar-refractivity contribution < 1.29 is 4.74 Å². The highest BCUT2D eigenvalue weighted by Crippen LogP contribution is 2.15. The molecule has 1 aromatic carbocycles. The number of anilines is 1. The Bertz CT molecular complexity index is 331. The molecule has 0 radical (unpaired) electrons. The fourth-order valence-corrected chi connectivity index (χ4v) is 1.61. The highest BCUT2D eigenvalue weighted by molar-refractivity contribution is 5.50. The third-order valence-electron chi connectivity index (χ3n) is 2.41. The Hall–Kier alpha value is -1.06. The van der Waals surface area contributed by atoms with Crippen LogP contribution in [0.1, 0.15) is 26.3 Å². The van der Waals surface area contributed by atoms with Gasteiger partial charge in [-0.3, -0.25) is 0 Å². The molecule has 0 saturated heterocycles. The number of benzene rings is 1. The molecule has 0 atom stereocenters. The van der Waals surface area contributed by atoms with Gasteiger partial charge in [-0.2, -0.15) is 0 Å². The minimum Gasteiger partial charge on any atom is -0.383 e. The number of hydrogen-bond acceptors (Lipinski definition) is 3. The Morgan fingerprint density at radius 3 is 2.47 bits per heavy atom. The Morgan fingerprint density at radius 2 is 1.82 bits per heavy atom. The van der Waals surface area contributed by atoms with E-state index < -0.39 is 0 Å². The summed E-state index contributed by atoms with van der Waals surface area (Å²) in [7, 11) is 1.72. The van der Waals surface area contributed by atoms with Gasteiger partial charge < -0.3 is 15.4 Å². The molecule has 0 aliphatic carbocycles. The molecule has 0 saturated carbocycles. The van der Waals surface area contributed by atoms with E-state index in [0.29, 0.717) is 6.61 Å². The summed E-state index contributed by atoms with van der Waals surface area (Å²) < 4.78 is 5.17. The number of hydrogen-bond donors (Lipinski definition) is 2. The van der Waals surface area contributed by atoms with Crippen LogP contribution in [0.4, 0.5) is 5.69 Å². The van der Waals surface area contributed by atoms with Gasteiger partial charge in [-0.25, -0.2) is 0 Å². The molecule has 0 aliphatic rings. The van der Waals surface area contributed by atoms with Crippen LogP contribution < -0.4 is 10.6 Å². The van der Waals surface area contributed by atoms with Crippen LogP contribution in [0.2, 0.25) is 0 Å². The van der Waals surface area contributed by atoms with Crippen molar-refractivity contribution in [3.8, 4) is 0 Å². The van der Waals surface area contributed by atoms with Gasteiger partial charge in [0.2, 0.25) is 0 Å². The lowest BCUT2D eigenvalue weighted by Crippen LogP contribution is -2.38. The highest BCUT2D eigenvalue weighted by Gasteiger charge is 2.07. The van der Waals surface area contributed by atoms with Crippen LogP contribution in [-0.2, 0) is 11.3 Å². The van der Waals surface area contributed by atoms with Gasteiger partial charge in [0, 0.05) is 37.0 Å².